The highest BCUT2D eigenvalue weighted by Crippen LogP contribution is 2.45. The van der Waals surface area contributed by atoms with Crippen LogP contribution >= 0.6 is 15.9 Å². The van der Waals surface area contributed by atoms with E-state index in [0.29, 0.717) is 36.0 Å². The number of carbonyl (C=O) groups is 1. The van der Waals surface area contributed by atoms with Gasteiger partial charge in [0.25, 0.3) is 0 Å². The summed E-state index contributed by atoms with van der Waals surface area (Å²) in [7, 11) is 6.35. The van der Waals surface area contributed by atoms with Gasteiger partial charge in [0.1, 0.15) is 17.5 Å². The van der Waals surface area contributed by atoms with Gasteiger partial charge in [-0.05, 0) is 42.7 Å². The first-order valence-corrected chi connectivity index (χ1v) is 10.4. The standard InChI is InChI=1S/C22H26BrNO6/c1-27-13-7-8-14(18(10-13)28-2)21(24-9-5-6-17(24)22(25)26)15-11-19(29-3)20(30-4)12-16(15)23/h7-8,10-12,17,21H,5-6,9H2,1-4H3,(H,25,26). The number of hydrogen-bond acceptors (Lipinski definition) is 6. The Labute approximate surface area is 184 Å². The summed E-state index contributed by atoms with van der Waals surface area (Å²) in [4.78, 5) is 14.0. The van der Waals surface area contributed by atoms with Gasteiger partial charge in [0, 0.05) is 22.6 Å². The van der Waals surface area contributed by atoms with Gasteiger partial charge in [-0.25, -0.2) is 0 Å². The molecule has 0 amide bonds. The van der Waals surface area contributed by atoms with Crippen molar-refractivity contribution in [3.05, 3.63) is 45.9 Å². The van der Waals surface area contributed by atoms with Crippen molar-refractivity contribution in [2.45, 2.75) is 24.9 Å². The van der Waals surface area contributed by atoms with Crippen molar-refractivity contribution in [1.82, 2.24) is 4.90 Å². The SMILES string of the molecule is COc1ccc(C(c2cc(OC)c(OC)cc2Br)N2CCCC2C(=O)O)c(OC)c1. The molecule has 1 aliphatic rings. The molecule has 0 aromatic heterocycles. The number of methoxy groups -OCH3 is 4. The van der Waals surface area contributed by atoms with Gasteiger partial charge in [-0.2, -0.15) is 0 Å². The maximum Gasteiger partial charge on any atom is 0.320 e. The van der Waals surface area contributed by atoms with E-state index in [1.165, 1.54) is 0 Å². The summed E-state index contributed by atoms with van der Waals surface area (Å²) in [6.07, 6.45) is 1.39. The highest BCUT2D eigenvalue weighted by molar-refractivity contribution is 9.10. The molecule has 1 heterocycles. The van der Waals surface area contributed by atoms with E-state index in [4.69, 9.17) is 18.9 Å². The van der Waals surface area contributed by atoms with E-state index in [-0.39, 0.29) is 6.04 Å². The molecule has 0 spiro atoms. The number of halogens is 1. The fraction of sp³-hybridized carbons (Fsp3) is 0.409. The van der Waals surface area contributed by atoms with Crippen molar-refractivity contribution in [3.8, 4) is 23.0 Å². The van der Waals surface area contributed by atoms with Crippen LogP contribution in [0.5, 0.6) is 23.0 Å². The van der Waals surface area contributed by atoms with Crippen molar-refractivity contribution in [3.63, 3.8) is 0 Å². The van der Waals surface area contributed by atoms with Gasteiger partial charge in [0.2, 0.25) is 0 Å². The van der Waals surface area contributed by atoms with Crippen LogP contribution in [-0.4, -0.2) is 57.0 Å². The summed E-state index contributed by atoms with van der Waals surface area (Å²) >= 11 is 3.65. The highest BCUT2D eigenvalue weighted by Gasteiger charge is 2.39. The fourth-order valence-corrected chi connectivity index (χ4v) is 4.55. The molecule has 0 bridgehead atoms. The minimum atomic E-state index is -0.832. The molecular weight excluding hydrogens is 454 g/mol. The van der Waals surface area contributed by atoms with Gasteiger partial charge in [-0.1, -0.05) is 15.9 Å². The van der Waals surface area contributed by atoms with Crippen LogP contribution < -0.4 is 18.9 Å². The van der Waals surface area contributed by atoms with Crippen LogP contribution in [0.2, 0.25) is 0 Å². The van der Waals surface area contributed by atoms with Crippen molar-refractivity contribution in [2.24, 2.45) is 0 Å². The van der Waals surface area contributed by atoms with E-state index < -0.39 is 12.0 Å². The number of likely N-dealkylation sites (tertiary alicyclic amines) is 1. The average Bonchev–Trinajstić information content (AvgIpc) is 3.24. The number of carboxylic acid groups (broad SMARTS) is 1. The first-order chi connectivity index (χ1) is 14.4. The maximum absolute atomic E-state index is 12.0. The largest absolute Gasteiger partial charge is 0.497 e. The topological polar surface area (TPSA) is 77.5 Å². The lowest BCUT2D eigenvalue weighted by atomic mass is 9.94. The highest BCUT2D eigenvalue weighted by atomic mass is 79.9. The smallest absolute Gasteiger partial charge is 0.320 e. The maximum atomic E-state index is 12.0. The van der Waals surface area contributed by atoms with E-state index >= 15 is 0 Å². The molecule has 7 nitrogen and oxygen atoms in total. The first kappa shape index (κ1) is 22.2. The number of nitrogens with zero attached hydrogens (tertiary/aromatic N) is 1. The number of carboxylic acids is 1. The molecule has 1 fully saturated rings. The molecule has 1 aliphatic heterocycles. The molecular formula is C22H26BrNO6. The predicted octanol–water partition coefficient (Wildman–Crippen LogP) is 4.12. The molecule has 2 atom stereocenters. The van der Waals surface area contributed by atoms with E-state index in [0.717, 1.165) is 22.0 Å². The van der Waals surface area contributed by atoms with E-state index in [2.05, 4.69) is 15.9 Å². The molecule has 2 unspecified atom stereocenters. The zero-order valence-corrected chi connectivity index (χ0v) is 19.1. The molecule has 3 rings (SSSR count). The van der Waals surface area contributed by atoms with Crippen molar-refractivity contribution in [1.29, 1.82) is 0 Å². The zero-order chi connectivity index (χ0) is 21.8. The van der Waals surface area contributed by atoms with Crippen molar-refractivity contribution < 1.29 is 28.8 Å². The number of aliphatic carboxylic acids is 1. The van der Waals surface area contributed by atoms with E-state index in [1.807, 2.05) is 35.2 Å². The van der Waals surface area contributed by atoms with Gasteiger partial charge >= 0.3 is 5.97 Å². The van der Waals surface area contributed by atoms with E-state index in [1.54, 1.807) is 28.4 Å². The Bertz CT molecular complexity index is 919. The van der Waals surface area contributed by atoms with E-state index in [9.17, 15) is 9.90 Å². The summed E-state index contributed by atoms with van der Waals surface area (Å²) in [5.41, 5.74) is 1.71. The zero-order valence-electron chi connectivity index (χ0n) is 17.5. The minimum absolute atomic E-state index is 0.372. The molecule has 8 heteroatoms. The van der Waals surface area contributed by atoms with Crippen LogP contribution in [0.15, 0.2) is 34.8 Å². The molecule has 2 aromatic carbocycles. The van der Waals surface area contributed by atoms with Crippen LogP contribution in [0.25, 0.3) is 0 Å². The first-order valence-electron chi connectivity index (χ1n) is 9.57. The molecule has 0 saturated carbocycles. The number of ether oxygens (including phenoxy) is 4. The second kappa shape index (κ2) is 9.57. The van der Waals surface area contributed by atoms with Gasteiger partial charge < -0.3 is 24.1 Å². The Kier molecular flexibility index (Phi) is 7.10. The van der Waals surface area contributed by atoms with Crippen LogP contribution in [0, 0.1) is 0 Å². The third kappa shape index (κ3) is 4.20. The monoisotopic (exact) mass is 479 g/mol. The normalized spacial score (nSPS) is 17.4. The van der Waals surface area contributed by atoms with Crippen molar-refractivity contribution in [2.75, 3.05) is 35.0 Å². The summed E-state index contributed by atoms with van der Waals surface area (Å²) < 4.78 is 22.7. The second-order valence-corrected chi connectivity index (χ2v) is 7.83. The van der Waals surface area contributed by atoms with Gasteiger partial charge in [0.05, 0.1) is 34.5 Å². The predicted molar refractivity (Wildman–Crippen MR) is 116 cm³/mol. The average molecular weight is 480 g/mol. The lowest BCUT2D eigenvalue weighted by molar-refractivity contribution is -0.142. The summed E-state index contributed by atoms with van der Waals surface area (Å²) in [6, 6.07) is 8.33. The second-order valence-electron chi connectivity index (χ2n) is 6.97. The van der Waals surface area contributed by atoms with Gasteiger partial charge in [-0.3, -0.25) is 9.69 Å². The molecule has 1 saturated heterocycles. The summed E-state index contributed by atoms with van der Waals surface area (Å²) in [6.45, 7) is 0.650. The van der Waals surface area contributed by atoms with Gasteiger partial charge in [-0.15, -0.1) is 0 Å². The summed E-state index contributed by atoms with van der Waals surface area (Å²) in [5.74, 6) is 1.61. The summed E-state index contributed by atoms with van der Waals surface area (Å²) in [5, 5.41) is 9.84. The van der Waals surface area contributed by atoms with Crippen LogP contribution in [0.3, 0.4) is 0 Å². The Morgan fingerprint density at radius 1 is 1.00 bits per heavy atom. The third-order valence-corrected chi connectivity index (χ3v) is 6.13. The molecule has 162 valence electrons. The van der Waals surface area contributed by atoms with Crippen molar-refractivity contribution >= 4 is 21.9 Å². The quantitative estimate of drug-likeness (QED) is 0.609. The number of hydrogen-bond donors (Lipinski definition) is 1. The molecule has 2 aromatic rings. The number of rotatable bonds is 8. The van der Waals surface area contributed by atoms with Crippen LogP contribution in [0.1, 0.15) is 30.0 Å². The lowest BCUT2D eigenvalue weighted by Gasteiger charge is -2.33. The Balaban J connectivity index is 2.23. The Morgan fingerprint density at radius 2 is 1.67 bits per heavy atom. The third-order valence-electron chi connectivity index (χ3n) is 5.44. The van der Waals surface area contributed by atoms with Crippen LogP contribution in [0.4, 0.5) is 0 Å². The lowest BCUT2D eigenvalue weighted by Crippen LogP contribution is -2.39. The number of benzene rings is 2. The fourth-order valence-electron chi connectivity index (χ4n) is 4.01. The Morgan fingerprint density at radius 3 is 2.27 bits per heavy atom. The molecule has 0 aliphatic carbocycles. The molecule has 1 N–H and O–H groups in total. The Hall–Kier alpha value is -2.45. The van der Waals surface area contributed by atoms with Crippen LogP contribution in [-0.2, 0) is 4.79 Å². The molecule has 30 heavy (non-hydrogen) atoms. The molecule has 0 radical (unpaired) electrons. The van der Waals surface area contributed by atoms with Gasteiger partial charge in [0.15, 0.2) is 11.5 Å². The minimum Gasteiger partial charge on any atom is -0.497 e.